The lowest BCUT2D eigenvalue weighted by Crippen LogP contribution is -2.31. The zero-order valence-corrected chi connectivity index (χ0v) is 12.7. The first-order valence-corrected chi connectivity index (χ1v) is 7.88. The van der Waals surface area contributed by atoms with E-state index < -0.39 is 0 Å². The number of piperidine rings is 1. The number of aryl methyl sites for hydroxylation is 1. The van der Waals surface area contributed by atoms with Crippen molar-refractivity contribution in [1.82, 2.24) is 15.0 Å². The van der Waals surface area contributed by atoms with Crippen LogP contribution in [0, 0.1) is 6.92 Å². The Morgan fingerprint density at radius 2 is 1.95 bits per heavy atom. The van der Waals surface area contributed by atoms with Gasteiger partial charge in [-0.2, -0.15) is 15.0 Å². The normalized spacial score (nSPS) is 15.4. The molecule has 0 unspecified atom stereocenters. The van der Waals surface area contributed by atoms with Gasteiger partial charge in [0, 0.05) is 36.0 Å². The smallest absolute Gasteiger partial charge is 0.230 e. The molecule has 1 fully saturated rings. The Balaban J connectivity index is 1.97. The molecule has 1 aliphatic heterocycles. The van der Waals surface area contributed by atoms with Crippen LogP contribution in [0.4, 0.5) is 11.9 Å². The zero-order chi connectivity index (χ0) is 13.9. The fourth-order valence-electron chi connectivity index (χ4n) is 2.40. The molecular weight excluding hydrogens is 270 g/mol. The van der Waals surface area contributed by atoms with Crippen molar-refractivity contribution in [2.24, 2.45) is 0 Å². The maximum Gasteiger partial charge on any atom is 0.230 e. The van der Waals surface area contributed by atoms with Gasteiger partial charge in [0.05, 0.1) is 0 Å². The number of nitrogens with one attached hydrogen (secondary N) is 1. The van der Waals surface area contributed by atoms with Gasteiger partial charge in [0.1, 0.15) is 0 Å². The van der Waals surface area contributed by atoms with Gasteiger partial charge in [-0.3, -0.25) is 0 Å². The number of hydrogen-bond donors (Lipinski definition) is 1. The Morgan fingerprint density at radius 1 is 1.15 bits per heavy atom. The molecule has 1 N–H and O–H groups in total. The highest BCUT2D eigenvalue weighted by Crippen LogP contribution is 2.25. The largest absolute Gasteiger partial charge is 0.357 e. The van der Waals surface area contributed by atoms with Crippen LogP contribution in [0.25, 0.3) is 11.4 Å². The minimum atomic E-state index is 0.638. The second-order valence-electron chi connectivity index (χ2n) is 5.03. The van der Waals surface area contributed by atoms with Crippen molar-refractivity contribution in [3.63, 3.8) is 0 Å². The predicted molar refractivity (Wildman–Crippen MR) is 83.5 cm³/mol. The number of rotatable bonds is 3. The highest BCUT2D eigenvalue weighted by molar-refractivity contribution is 7.10. The van der Waals surface area contributed by atoms with E-state index in [4.69, 9.17) is 0 Å². The first kappa shape index (κ1) is 13.3. The topological polar surface area (TPSA) is 53.9 Å². The van der Waals surface area contributed by atoms with Crippen LogP contribution in [0.1, 0.15) is 24.1 Å². The number of aromatic nitrogens is 3. The Kier molecular flexibility index (Phi) is 3.82. The summed E-state index contributed by atoms with van der Waals surface area (Å²) in [5.41, 5.74) is 1.07. The number of anilines is 2. The molecule has 3 rings (SSSR count). The summed E-state index contributed by atoms with van der Waals surface area (Å²) >= 11 is 1.72. The Bertz CT molecular complexity index is 589. The summed E-state index contributed by atoms with van der Waals surface area (Å²) in [5.74, 6) is 2.19. The maximum atomic E-state index is 4.66. The van der Waals surface area contributed by atoms with Gasteiger partial charge in [-0.25, -0.2) is 0 Å². The molecular formula is C14H19N5S. The van der Waals surface area contributed by atoms with E-state index in [1.54, 1.807) is 11.3 Å². The molecule has 1 aliphatic rings. The van der Waals surface area contributed by atoms with Crippen LogP contribution in [0.15, 0.2) is 11.4 Å². The molecule has 2 aromatic rings. The van der Waals surface area contributed by atoms with E-state index in [0.717, 1.165) is 30.4 Å². The molecule has 0 spiro atoms. The average molecular weight is 289 g/mol. The van der Waals surface area contributed by atoms with Crippen molar-refractivity contribution in [2.75, 3.05) is 30.4 Å². The fourth-order valence-corrected chi connectivity index (χ4v) is 3.08. The van der Waals surface area contributed by atoms with Gasteiger partial charge in [0.2, 0.25) is 11.9 Å². The number of nitrogens with zero attached hydrogens (tertiary/aromatic N) is 4. The molecule has 1 saturated heterocycles. The monoisotopic (exact) mass is 289 g/mol. The summed E-state index contributed by atoms with van der Waals surface area (Å²) in [4.78, 5) is 17.2. The predicted octanol–water partition coefficient (Wildman–Crippen LogP) is 2.94. The SMILES string of the molecule is CNc1nc(-c2csc(C)c2)nc(N2CCCCC2)n1. The van der Waals surface area contributed by atoms with E-state index in [9.17, 15) is 0 Å². The molecule has 0 saturated carbocycles. The standard InChI is InChI=1S/C14H19N5S/c1-10-8-11(9-20-10)12-16-13(15-2)18-14(17-12)19-6-4-3-5-7-19/h8-9H,3-7H2,1-2H3,(H,15,16,17,18). The maximum absolute atomic E-state index is 4.66. The van der Waals surface area contributed by atoms with Crippen molar-refractivity contribution >= 4 is 23.2 Å². The minimum Gasteiger partial charge on any atom is -0.357 e. The summed E-state index contributed by atoms with van der Waals surface area (Å²) in [6.07, 6.45) is 3.73. The molecule has 0 atom stereocenters. The zero-order valence-electron chi connectivity index (χ0n) is 11.9. The van der Waals surface area contributed by atoms with Crippen LogP contribution in [-0.4, -0.2) is 35.1 Å². The summed E-state index contributed by atoms with van der Waals surface area (Å²) in [5, 5.41) is 5.14. The Labute approximate surface area is 123 Å². The quantitative estimate of drug-likeness (QED) is 0.941. The fraction of sp³-hybridized carbons (Fsp3) is 0.500. The molecule has 20 heavy (non-hydrogen) atoms. The first-order chi connectivity index (χ1) is 9.76. The molecule has 3 heterocycles. The third-order valence-corrected chi connectivity index (χ3v) is 4.34. The molecule has 0 aromatic carbocycles. The molecule has 2 aromatic heterocycles. The lowest BCUT2D eigenvalue weighted by atomic mass is 10.1. The van der Waals surface area contributed by atoms with E-state index >= 15 is 0 Å². The molecule has 0 radical (unpaired) electrons. The van der Waals surface area contributed by atoms with Gasteiger partial charge in [0.25, 0.3) is 0 Å². The van der Waals surface area contributed by atoms with Gasteiger partial charge in [-0.1, -0.05) is 0 Å². The minimum absolute atomic E-state index is 0.638. The van der Waals surface area contributed by atoms with E-state index in [2.05, 4.69) is 43.5 Å². The van der Waals surface area contributed by atoms with Gasteiger partial charge in [-0.05, 0) is 32.3 Å². The van der Waals surface area contributed by atoms with Crippen LogP contribution >= 0.6 is 11.3 Å². The summed E-state index contributed by atoms with van der Waals surface area (Å²) in [7, 11) is 1.85. The molecule has 106 valence electrons. The van der Waals surface area contributed by atoms with Crippen LogP contribution in [0.3, 0.4) is 0 Å². The van der Waals surface area contributed by atoms with Gasteiger partial charge in [-0.15, -0.1) is 11.3 Å². The lowest BCUT2D eigenvalue weighted by molar-refractivity contribution is 0.568. The van der Waals surface area contributed by atoms with E-state index in [0.29, 0.717) is 5.95 Å². The lowest BCUT2D eigenvalue weighted by Gasteiger charge is -2.26. The second-order valence-corrected chi connectivity index (χ2v) is 6.14. The van der Waals surface area contributed by atoms with Crippen molar-refractivity contribution < 1.29 is 0 Å². The number of hydrogen-bond acceptors (Lipinski definition) is 6. The highest BCUT2D eigenvalue weighted by atomic mass is 32.1. The van der Waals surface area contributed by atoms with Crippen LogP contribution < -0.4 is 10.2 Å². The van der Waals surface area contributed by atoms with Crippen molar-refractivity contribution in [1.29, 1.82) is 0 Å². The molecule has 0 amide bonds. The molecule has 0 aliphatic carbocycles. The van der Waals surface area contributed by atoms with E-state index in [-0.39, 0.29) is 0 Å². The highest BCUT2D eigenvalue weighted by Gasteiger charge is 2.16. The van der Waals surface area contributed by atoms with Crippen LogP contribution in [0.5, 0.6) is 0 Å². The third kappa shape index (κ3) is 2.75. The summed E-state index contributed by atoms with van der Waals surface area (Å²) in [6.45, 7) is 4.17. The second kappa shape index (κ2) is 5.75. The molecule has 5 nitrogen and oxygen atoms in total. The third-order valence-electron chi connectivity index (χ3n) is 3.47. The molecule has 0 bridgehead atoms. The van der Waals surface area contributed by atoms with Crippen LogP contribution in [-0.2, 0) is 0 Å². The molecule has 6 heteroatoms. The van der Waals surface area contributed by atoms with Crippen LogP contribution in [0.2, 0.25) is 0 Å². The van der Waals surface area contributed by atoms with E-state index in [1.165, 1.54) is 24.1 Å². The van der Waals surface area contributed by atoms with Crippen molar-refractivity contribution in [3.05, 3.63) is 16.3 Å². The first-order valence-electron chi connectivity index (χ1n) is 7.00. The van der Waals surface area contributed by atoms with Crippen molar-refractivity contribution in [3.8, 4) is 11.4 Å². The van der Waals surface area contributed by atoms with Gasteiger partial charge < -0.3 is 10.2 Å². The number of thiophene rings is 1. The summed E-state index contributed by atoms with van der Waals surface area (Å²) in [6, 6.07) is 2.12. The van der Waals surface area contributed by atoms with Gasteiger partial charge >= 0.3 is 0 Å². The Morgan fingerprint density at radius 3 is 2.60 bits per heavy atom. The average Bonchev–Trinajstić information content (AvgIpc) is 2.94. The summed E-state index contributed by atoms with van der Waals surface area (Å²) < 4.78 is 0. The Hall–Kier alpha value is -1.69. The van der Waals surface area contributed by atoms with E-state index in [1.807, 2.05) is 7.05 Å². The van der Waals surface area contributed by atoms with Crippen molar-refractivity contribution in [2.45, 2.75) is 26.2 Å². The van der Waals surface area contributed by atoms with Gasteiger partial charge in [0.15, 0.2) is 5.82 Å².